The van der Waals surface area contributed by atoms with Gasteiger partial charge in [0.25, 0.3) is 0 Å². The lowest BCUT2D eigenvalue weighted by molar-refractivity contribution is -0.125. The van der Waals surface area contributed by atoms with Crippen molar-refractivity contribution in [2.24, 2.45) is 11.7 Å². The van der Waals surface area contributed by atoms with Gasteiger partial charge in [0.1, 0.15) is 13.2 Å². The van der Waals surface area contributed by atoms with E-state index >= 15 is 0 Å². The molecule has 1 aromatic heterocycles. The van der Waals surface area contributed by atoms with Crippen LogP contribution in [0.2, 0.25) is 0 Å². The van der Waals surface area contributed by atoms with Gasteiger partial charge in [-0.2, -0.15) is 0 Å². The number of carbonyl (C=O) groups excluding carboxylic acids is 2. The summed E-state index contributed by atoms with van der Waals surface area (Å²) >= 11 is 1.62. The number of nitrogens with zero attached hydrogens (tertiary/aromatic N) is 2. The average Bonchev–Trinajstić information content (AvgIpc) is 3.25. The molecule has 1 atom stereocenters. The first-order valence-corrected chi connectivity index (χ1v) is 10.7. The van der Waals surface area contributed by atoms with E-state index in [1.807, 2.05) is 40.6 Å². The van der Waals surface area contributed by atoms with Gasteiger partial charge in [0, 0.05) is 23.2 Å². The van der Waals surface area contributed by atoms with E-state index in [4.69, 9.17) is 15.2 Å². The van der Waals surface area contributed by atoms with Crippen molar-refractivity contribution in [3.8, 4) is 11.5 Å². The molecule has 0 bridgehead atoms. The number of piperidine rings is 1. The highest BCUT2D eigenvalue weighted by Crippen LogP contribution is 2.35. The third kappa shape index (κ3) is 4.71. The zero-order valence-electron chi connectivity index (χ0n) is 16.2. The maximum absolute atomic E-state index is 13.3. The van der Waals surface area contributed by atoms with Gasteiger partial charge < -0.3 is 20.1 Å². The van der Waals surface area contributed by atoms with E-state index in [0.717, 1.165) is 30.0 Å². The number of thiophene rings is 1. The number of fused-ring (bicyclic) bond motifs is 1. The third-order valence-corrected chi connectivity index (χ3v) is 6.16. The van der Waals surface area contributed by atoms with E-state index in [1.54, 1.807) is 16.2 Å². The molecule has 29 heavy (non-hydrogen) atoms. The smallest absolute Gasteiger partial charge is 0.241 e. The third-order valence-electron chi connectivity index (χ3n) is 5.30. The van der Waals surface area contributed by atoms with Crippen LogP contribution in [0, 0.1) is 5.92 Å². The van der Waals surface area contributed by atoms with Crippen molar-refractivity contribution in [1.82, 2.24) is 4.90 Å². The molecular formula is C21H25N3O4S. The first kappa shape index (κ1) is 19.7. The molecule has 0 spiro atoms. The van der Waals surface area contributed by atoms with Crippen LogP contribution in [0.3, 0.4) is 0 Å². The summed E-state index contributed by atoms with van der Waals surface area (Å²) in [5, 5.41) is 2.00. The topological polar surface area (TPSA) is 85.1 Å². The molecule has 2 amide bonds. The zero-order chi connectivity index (χ0) is 20.2. The summed E-state index contributed by atoms with van der Waals surface area (Å²) in [4.78, 5) is 29.8. The van der Waals surface area contributed by atoms with Crippen molar-refractivity contribution >= 4 is 28.8 Å². The molecular weight excluding hydrogens is 390 g/mol. The lowest BCUT2D eigenvalue weighted by Crippen LogP contribution is -2.46. The predicted molar refractivity (Wildman–Crippen MR) is 111 cm³/mol. The lowest BCUT2D eigenvalue weighted by atomic mass is 9.97. The van der Waals surface area contributed by atoms with Crippen molar-refractivity contribution in [3.63, 3.8) is 0 Å². The average molecular weight is 416 g/mol. The van der Waals surface area contributed by atoms with Gasteiger partial charge in [0.2, 0.25) is 11.8 Å². The fourth-order valence-electron chi connectivity index (χ4n) is 3.79. The van der Waals surface area contributed by atoms with Crippen LogP contribution in [-0.2, 0) is 16.1 Å². The van der Waals surface area contributed by atoms with Crippen molar-refractivity contribution in [1.29, 1.82) is 0 Å². The molecule has 1 aromatic carbocycles. The van der Waals surface area contributed by atoms with Gasteiger partial charge in [-0.3, -0.25) is 14.5 Å². The van der Waals surface area contributed by atoms with Crippen molar-refractivity contribution in [2.45, 2.75) is 19.4 Å². The lowest BCUT2D eigenvalue weighted by Gasteiger charge is -2.32. The van der Waals surface area contributed by atoms with Crippen LogP contribution in [0.15, 0.2) is 35.7 Å². The van der Waals surface area contributed by atoms with E-state index in [1.165, 1.54) is 0 Å². The van der Waals surface area contributed by atoms with Crippen LogP contribution >= 0.6 is 11.3 Å². The second-order valence-corrected chi connectivity index (χ2v) is 8.40. The summed E-state index contributed by atoms with van der Waals surface area (Å²) in [6.45, 7) is 3.10. The highest BCUT2D eigenvalue weighted by molar-refractivity contribution is 7.09. The Hall–Kier alpha value is -2.58. The number of nitrogens with two attached hydrogens (primary N) is 1. The summed E-state index contributed by atoms with van der Waals surface area (Å²) in [5.74, 6) is 0.870. The fraction of sp³-hybridized carbons (Fsp3) is 0.429. The van der Waals surface area contributed by atoms with Gasteiger partial charge in [-0.25, -0.2) is 0 Å². The minimum Gasteiger partial charge on any atom is -0.486 e. The first-order valence-electron chi connectivity index (χ1n) is 9.84. The maximum atomic E-state index is 13.3. The highest BCUT2D eigenvalue weighted by Gasteiger charge is 2.27. The molecule has 1 fully saturated rings. The Kier molecular flexibility index (Phi) is 6.01. The molecule has 2 aromatic rings. The highest BCUT2D eigenvalue weighted by atomic mass is 32.1. The van der Waals surface area contributed by atoms with Crippen molar-refractivity contribution in [2.75, 3.05) is 37.7 Å². The van der Waals surface area contributed by atoms with Gasteiger partial charge >= 0.3 is 0 Å². The van der Waals surface area contributed by atoms with Gasteiger partial charge in [-0.05, 0) is 43.0 Å². The number of hydrogen-bond donors (Lipinski definition) is 1. The molecule has 154 valence electrons. The molecule has 8 heteroatoms. The molecule has 1 saturated heterocycles. The Labute approximate surface area is 174 Å². The number of benzene rings is 1. The molecule has 2 N–H and O–H groups in total. The largest absolute Gasteiger partial charge is 0.486 e. The normalized spacial score (nSPS) is 19.0. The van der Waals surface area contributed by atoms with Crippen molar-refractivity contribution < 1.29 is 19.1 Å². The van der Waals surface area contributed by atoms with Crippen LogP contribution in [0.25, 0.3) is 0 Å². The van der Waals surface area contributed by atoms with Crippen LogP contribution in [-0.4, -0.2) is 49.6 Å². The summed E-state index contributed by atoms with van der Waals surface area (Å²) in [6, 6.07) is 9.61. The number of hydrogen-bond acceptors (Lipinski definition) is 6. The van der Waals surface area contributed by atoms with E-state index in [2.05, 4.69) is 0 Å². The predicted octanol–water partition coefficient (Wildman–Crippen LogP) is 2.25. The molecule has 4 rings (SSSR count). The molecule has 0 aliphatic carbocycles. The molecule has 3 heterocycles. The SMILES string of the molecule is NC(=O)[C@@H]1CCCN(CC(=O)N(Cc2cccs2)c2ccc3c(c2)OCCO3)C1. The Morgan fingerprint density at radius 2 is 2.03 bits per heavy atom. The Morgan fingerprint density at radius 1 is 1.21 bits per heavy atom. The van der Waals surface area contributed by atoms with Crippen LogP contribution in [0.4, 0.5) is 5.69 Å². The van der Waals surface area contributed by atoms with Gasteiger partial charge in [-0.15, -0.1) is 11.3 Å². The van der Waals surface area contributed by atoms with E-state index in [-0.39, 0.29) is 24.3 Å². The Bertz CT molecular complexity index is 871. The quantitative estimate of drug-likeness (QED) is 0.782. The number of primary amides is 1. The Morgan fingerprint density at radius 3 is 2.79 bits per heavy atom. The van der Waals surface area contributed by atoms with Gasteiger partial charge in [0.15, 0.2) is 11.5 Å². The molecule has 0 unspecified atom stereocenters. The number of likely N-dealkylation sites (tertiary alicyclic amines) is 1. The van der Waals surface area contributed by atoms with E-state index < -0.39 is 0 Å². The maximum Gasteiger partial charge on any atom is 0.241 e. The molecule has 2 aliphatic rings. The number of amides is 2. The summed E-state index contributed by atoms with van der Waals surface area (Å²) in [5.41, 5.74) is 6.26. The zero-order valence-corrected chi connectivity index (χ0v) is 17.0. The van der Waals surface area contributed by atoms with Gasteiger partial charge in [-0.1, -0.05) is 6.07 Å². The van der Waals surface area contributed by atoms with Gasteiger partial charge in [0.05, 0.1) is 19.0 Å². The molecule has 0 saturated carbocycles. The van der Waals surface area contributed by atoms with Crippen LogP contribution < -0.4 is 20.1 Å². The van der Waals surface area contributed by atoms with E-state index in [9.17, 15) is 9.59 Å². The monoisotopic (exact) mass is 415 g/mol. The molecule has 2 aliphatic heterocycles. The second kappa shape index (κ2) is 8.84. The second-order valence-electron chi connectivity index (χ2n) is 7.36. The number of carbonyl (C=O) groups is 2. The minimum atomic E-state index is -0.288. The standard InChI is InChI=1S/C21H25N3O4S/c22-21(26)15-3-1-7-23(12-15)14-20(25)24(13-17-4-2-10-29-17)16-5-6-18-19(11-16)28-9-8-27-18/h2,4-6,10-11,15H,1,3,7-9,12-14H2,(H2,22,26)/t15-/m1/s1. The minimum absolute atomic E-state index is 0.0137. The van der Waals surface area contributed by atoms with E-state index in [0.29, 0.717) is 37.8 Å². The number of anilines is 1. The van der Waals surface area contributed by atoms with Crippen LogP contribution in [0.5, 0.6) is 11.5 Å². The molecule has 0 radical (unpaired) electrons. The summed E-state index contributed by atoms with van der Waals surface area (Å²) in [6.07, 6.45) is 1.66. The van der Waals surface area contributed by atoms with Crippen LogP contribution in [0.1, 0.15) is 17.7 Å². The first-order chi connectivity index (χ1) is 14.1. The fourth-order valence-corrected chi connectivity index (χ4v) is 4.48. The molecule has 7 nitrogen and oxygen atoms in total. The van der Waals surface area contributed by atoms with Crippen molar-refractivity contribution in [3.05, 3.63) is 40.6 Å². The Balaban J connectivity index is 1.54. The summed E-state index contributed by atoms with van der Waals surface area (Å²) in [7, 11) is 0. The number of rotatable bonds is 6. The number of ether oxygens (including phenoxy) is 2. The summed E-state index contributed by atoms with van der Waals surface area (Å²) < 4.78 is 11.3.